The molecule has 2 amide bonds. The number of rotatable bonds is 3. The average molecular weight is 320 g/mol. The molecule has 0 saturated carbocycles. The fraction of sp³-hybridized carbons (Fsp3) is 0.286. The molecule has 1 aromatic carbocycles. The number of hydrogen-bond acceptors (Lipinski definition) is 6. The van der Waals surface area contributed by atoms with Gasteiger partial charge in [-0.05, 0) is 56.6 Å². The summed E-state index contributed by atoms with van der Waals surface area (Å²) in [5.41, 5.74) is 0.871. The van der Waals surface area contributed by atoms with E-state index < -0.39 is 11.7 Å². The van der Waals surface area contributed by atoms with Crippen LogP contribution >= 0.6 is 11.5 Å². The summed E-state index contributed by atoms with van der Waals surface area (Å²) in [6.45, 7) is 5.37. The first-order valence-corrected chi connectivity index (χ1v) is 7.35. The van der Waals surface area contributed by atoms with Crippen LogP contribution in [0.4, 0.5) is 16.2 Å². The Morgan fingerprint density at radius 1 is 1.09 bits per heavy atom. The molecule has 0 aliphatic heterocycles. The lowest BCUT2D eigenvalue weighted by molar-refractivity contribution is 0.0635. The van der Waals surface area contributed by atoms with Crippen LogP contribution in [0.2, 0.25) is 0 Å². The van der Waals surface area contributed by atoms with Gasteiger partial charge in [-0.1, -0.05) is 4.49 Å². The highest BCUT2D eigenvalue weighted by Gasteiger charge is 2.16. The van der Waals surface area contributed by atoms with Crippen LogP contribution in [0.1, 0.15) is 31.3 Å². The van der Waals surface area contributed by atoms with Gasteiger partial charge in [-0.3, -0.25) is 10.1 Å². The molecule has 0 radical (unpaired) electrons. The molecule has 0 aliphatic rings. The van der Waals surface area contributed by atoms with Gasteiger partial charge in [0.05, 0.1) is 0 Å². The largest absolute Gasteiger partial charge is 0.444 e. The van der Waals surface area contributed by atoms with Crippen LogP contribution in [0, 0.1) is 0 Å². The van der Waals surface area contributed by atoms with Crippen molar-refractivity contribution in [3.05, 3.63) is 35.3 Å². The van der Waals surface area contributed by atoms with E-state index in [-0.39, 0.29) is 11.6 Å². The molecule has 0 saturated heterocycles. The van der Waals surface area contributed by atoms with Crippen LogP contribution in [0.3, 0.4) is 0 Å². The molecule has 8 heteroatoms. The highest BCUT2D eigenvalue weighted by molar-refractivity contribution is 7.03. The number of nitrogens with one attached hydrogen (secondary N) is 2. The maximum Gasteiger partial charge on any atom is 0.412 e. The summed E-state index contributed by atoms with van der Waals surface area (Å²) in [4.78, 5) is 23.4. The molecule has 0 bridgehead atoms. The van der Waals surface area contributed by atoms with Gasteiger partial charge in [0.25, 0.3) is 5.91 Å². The Balaban J connectivity index is 1.93. The lowest BCUT2D eigenvalue weighted by Crippen LogP contribution is -2.27. The summed E-state index contributed by atoms with van der Waals surface area (Å²) >= 11 is 1.11. The van der Waals surface area contributed by atoms with E-state index in [1.165, 1.54) is 0 Å². The molecule has 0 unspecified atom stereocenters. The fourth-order valence-electron chi connectivity index (χ4n) is 1.52. The summed E-state index contributed by atoms with van der Waals surface area (Å²) in [6.07, 6.45) is -0.530. The van der Waals surface area contributed by atoms with E-state index in [0.717, 1.165) is 11.5 Å². The van der Waals surface area contributed by atoms with E-state index in [2.05, 4.69) is 20.2 Å². The fourth-order valence-corrected chi connectivity index (χ4v) is 1.95. The third-order valence-electron chi connectivity index (χ3n) is 2.38. The molecule has 2 aromatic rings. The van der Waals surface area contributed by atoms with Gasteiger partial charge in [-0.25, -0.2) is 4.79 Å². The van der Waals surface area contributed by atoms with Gasteiger partial charge in [-0.15, -0.1) is 5.10 Å². The zero-order valence-electron chi connectivity index (χ0n) is 12.4. The number of benzene rings is 1. The minimum Gasteiger partial charge on any atom is -0.444 e. The lowest BCUT2D eigenvalue weighted by atomic mass is 10.2. The second-order valence-electron chi connectivity index (χ2n) is 5.45. The highest BCUT2D eigenvalue weighted by atomic mass is 32.1. The van der Waals surface area contributed by atoms with Crippen molar-refractivity contribution in [2.75, 3.05) is 10.6 Å². The van der Waals surface area contributed by atoms with Crippen molar-refractivity contribution in [1.29, 1.82) is 0 Å². The SMILES string of the molecule is CC(C)(C)OC(=O)Nc1ccc(NC(=O)c2csnn2)cc1. The first-order valence-electron chi connectivity index (χ1n) is 6.52. The molecule has 2 N–H and O–H groups in total. The van der Waals surface area contributed by atoms with Crippen LogP contribution in [0.5, 0.6) is 0 Å². The Hall–Kier alpha value is -2.48. The molecule has 0 atom stereocenters. The number of ether oxygens (including phenoxy) is 1. The van der Waals surface area contributed by atoms with Gasteiger partial charge in [0.15, 0.2) is 5.69 Å². The number of nitrogens with zero attached hydrogens (tertiary/aromatic N) is 2. The molecule has 1 heterocycles. The van der Waals surface area contributed by atoms with Gasteiger partial charge in [-0.2, -0.15) is 0 Å². The molecular formula is C14H16N4O3S. The number of anilines is 2. The maximum absolute atomic E-state index is 11.8. The minimum absolute atomic E-state index is 0.265. The van der Waals surface area contributed by atoms with E-state index in [1.54, 1.807) is 50.4 Å². The van der Waals surface area contributed by atoms with Crippen molar-refractivity contribution >= 4 is 34.9 Å². The monoisotopic (exact) mass is 320 g/mol. The molecular weight excluding hydrogens is 304 g/mol. The van der Waals surface area contributed by atoms with Gasteiger partial charge >= 0.3 is 6.09 Å². The predicted molar refractivity (Wildman–Crippen MR) is 84.2 cm³/mol. The topological polar surface area (TPSA) is 93.2 Å². The highest BCUT2D eigenvalue weighted by Crippen LogP contribution is 2.16. The van der Waals surface area contributed by atoms with Crippen LogP contribution in [0.15, 0.2) is 29.6 Å². The van der Waals surface area contributed by atoms with E-state index in [9.17, 15) is 9.59 Å². The lowest BCUT2D eigenvalue weighted by Gasteiger charge is -2.19. The molecule has 1 aromatic heterocycles. The summed E-state index contributed by atoms with van der Waals surface area (Å²) < 4.78 is 8.78. The van der Waals surface area contributed by atoms with Gasteiger partial charge in [0.1, 0.15) is 5.60 Å². The Morgan fingerprint density at radius 2 is 1.68 bits per heavy atom. The summed E-state index contributed by atoms with van der Waals surface area (Å²) in [5, 5.41) is 10.5. The molecule has 2 rings (SSSR count). The first-order chi connectivity index (χ1) is 10.3. The number of hydrogen-bond donors (Lipinski definition) is 2. The van der Waals surface area contributed by atoms with E-state index >= 15 is 0 Å². The quantitative estimate of drug-likeness (QED) is 0.906. The minimum atomic E-state index is -0.556. The van der Waals surface area contributed by atoms with Gasteiger partial charge in [0.2, 0.25) is 0 Å². The molecule has 0 aliphatic carbocycles. The van der Waals surface area contributed by atoms with Gasteiger partial charge < -0.3 is 10.1 Å². The molecule has 116 valence electrons. The summed E-state index contributed by atoms with van der Waals surface area (Å²) in [5.74, 6) is -0.332. The van der Waals surface area contributed by atoms with Crippen molar-refractivity contribution < 1.29 is 14.3 Å². The van der Waals surface area contributed by atoms with E-state index in [4.69, 9.17) is 4.74 Å². The zero-order valence-corrected chi connectivity index (χ0v) is 13.2. The normalized spacial score (nSPS) is 10.9. The third kappa shape index (κ3) is 4.81. The molecule has 7 nitrogen and oxygen atoms in total. The van der Waals surface area contributed by atoms with E-state index in [1.807, 2.05) is 0 Å². The number of carbonyl (C=O) groups excluding carboxylic acids is 2. The van der Waals surface area contributed by atoms with Crippen molar-refractivity contribution in [1.82, 2.24) is 9.59 Å². The first kappa shape index (κ1) is 15.9. The van der Waals surface area contributed by atoms with Crippen molar-refractivity contribution in [2.24, 2.45) is 0 Å². The standard InChI is InChI=1S/C14H16N4O3S/c1-14(2,3)21-13(20)16-10-6-4-9(5-7-10)15-12(19)11-8-22-18-17-11/h4-8H,1-3H3,(H,15,19)(H,16,20). The summed E-state index contributed by atoms with van der Waals surface area (Å²) in [6, 6.07) is 6.67. The van der Waals surface area contributed by atoms with Crippen molar-refractivity contribution in [3.63, 3.8) is 0 Å². The third-order valence-corrected chi connectivity index (χ3v) is 2.89. The molecule has 0 spiro atoms. The van der Waals surface area contributed by atoms with Crippen molar-refractivity contribution in [3.8, 4) is 0 Å². The maximum atomic E-state index is 11.8. The Kier molecular flexibility index (Phi) is 4.71. The van der Waals surface area contributed by atoms with Crippen molar-refractivity contribution in [2.45, 2.75) is 26.4 Å². The van der Waals surface area contributed by atoms with Gasteiger partial charge in [0, 0.05) is 16.8 Å². The number of aromatic nitrogens is 2. The summed E-state index contributed by atoms with van der Waals surface area (Å²) in [7, 11) is 0. The zero-order chi connectivity index (χ0) is 16.2. The smallest absolute Gasteiger partial charge is 0.412 e. The number of carbonyl (C=O) groups is 2. The number of amides is 2. The van der Waals surface area contributed by atoms with E-state index in [0.29, 0.717) is 11.4 Å². The van der Waals surface area contributed by atoms with Crippen LogP contribution in [0.25, 0.3) is 0 Å². The van der Waals surface area contributed by atoms with Crippen LogP contribution in [-0.4, -0.2) is 27.2 Å². The molecule has 0 fully saturated rings. The second-order valence-corrected chi connectivity index (χ2v) is 6.06. The Morgan fingerprint density at radius 3 is 2.18 bits per heavy atom. The predicted octanol–water partition coefficient (Wildman–Crippen LogP) is 3.14. The van der Waals surface area contributed by atoms with Crippen LogP contribution < -0.4 is 10.6 Å². The second kappa shape index (κ2) is 6.52. The Bertz CT molecular complexity index is 648. The Labute approximate surface area is 131 Å². The molecule has 22 heavy (non-hydrogen) atoms. The average Bonchev–Trinajstić information content (AvgIpc) is 2.92. The van der Waals surface area contributed by atoms with Crippen LogP contribution in [-0.2, 0) is 4.74 Å².